The Balaban J connectivity index is 0.908. The van der Waals surface area contributed by atoms with Gasteiger partial charge in [0.15, 0.2) is 0 Å². The molecule has 0 aromatic heterocycles. The molecule has 1 unspecified atom stereocenters. The van der Waals surface area contributed by atoms with Gasteiger partial charge in [0.2, 0.25) is 0 Å². The summed E-state index contributed by atoms with van der Waals surface area (Å²) >= 11 is 0. The largest absolute Gasteiger partial charge is 0.0760 e. The average molecular weight is 733 g/mol. The van der Waals surface area contributed by atoms with E-state index in [0.29, 0.717) is 0 Å². The number of allylic oxidation sites excluding steroid dienone is 4. The van der Waals surface area contributed by atoms with E-state index in [1.54, 1.807) is 0 Å². The second-order valence-electron chi connectivity index (χ2n) is 16.3. The maximum atomic E-state index is 2.48. The first-order valence-corrected chi connectivity index (χ1v) is 20.5. The number of rotatable bonds is 4. The third-order valence-electron chi connectivity index (χ3n) is 13.3. The lowest BCUT2D eigenvalue weighted by atomic mass is 9.80. The van der Waals surface area contributed by atoms with Gasteiger partial charge < -0.3 is 0 Å². The fraction of sp³-hybridized carbons (Fsp3) is 0.0345. The van der Waals surface area contributed by atoms with E-state index in [2.05, 4.69) is 200 Å². The number of hydrogen-bond acceptors (Lipinski definition) is 0. The van der Waals surface area contributed by atoms with Crippen molar-refractivity contribution in [3.63, 3.8) is 0 Å². The molecule has 0 bridgehead atoms. The fourth-order valence-corrected chi connectivity index (χ4v) is 10.7. The zero-order valence-corrected chi connectivity index (χ0v) is 31.8. The van der Waals surface area contributed by atoms with Gasteiger partial charge in [0, 0.05) is 5.92 Å². The Bertz CT molecular complexity index is 3600. The third kappa shape index (κ3) is 4.52. The SMILES string of the molecule is C1=CC(c2c3ccccc3c(-c3ccc(-c4ccc5ccc6cccc7ccc4c5c67)cc3)c3ccccc23)CC=C1c1ccc2ccc3cccc4ccc1c2c34. The second-order valence-corrected chi connectivity index (χ2v) is 16.3. The van der Waals surface area contributed by atoms with Crippen LogP contribution in [-0.2, 0) is 0 Å². The van der Waals surface area contributed by atoms with Crippen LogP contribution in [0.25, 0.3) is 114 Å². The Labute approximate surface area is 336 Å². The molecule has 0 heterocycles. The van der Waals surface area contributed by atoms with Crippen LogP contribution in [0.15, 0.2) is 200 Å². The summed E-state index contributed by atoms with van der Waals surface area (Å²) in [5.41, 5.74) is 9.12. The van der Waals surface area contributed by atoms with E-state index in [-0.39, 0.29) is 5.92 Å². The van der Waals surface area contributed by atoms with Crippen molar-refractivity contribution in [2.24, 2.45) is 0 Å². The van der Waals surface area contributed by atoms with Crippen molar-refractivity contribution in [2.75, 3.05) is 0 Å². The Morgan fingerprint density at radius 2 is 0.776 bits per heavy atom. The predicted molar refractivity (Wildman–Crippen MR) is 251 cm³/mol. The van der Waals surface area contributed by atoms with Gasteiger partial charge in [-0.25, -0.2) is 0 Å². The highest BCUT2D eigenvalue weighted by Gasteiger charge is 2.22. The van der Waals surface area contributed by atoms with Crippen molar-refractivity contribution in [3.05, 3.63) is 211 Å². The van der Waals surface area contributed by atoms with Crippen LogP contribution in [0.5, 0.6) is 0 Å². The highest BCUT2D eigenvalue weighted by Crippen LogP contribution is 2.46. The Morgan fingerprint density at radius 3 is 1.31 bits per heavy atom. The zero-order chi connectivity index (χ0) is 37.9. The first kappa shape index (κ1) is 31.9. The van der Waals surface area contributed by atoms with E-state index in [9.17, 15) is 0 Å². The van der Waals surface area contributed by atoms with Gasteiger partial charge in [0.05, 0.1) is 0 Å². The molecule has 0 N–H and O–H groups in total. The summed E-state index contributed by atoms with van der Waals surface area (Å²) < 4.78 is 0. The van der Waals surface area contributed by atoms with E-state index < -0.39 is 0 Å². The van der Waals surface area contributed by atoms with Gasteiger partial charge in [0.1, 0.15) is 0 Å². The van der Waals surface area contributed by atoms with E-state index in [4.69, 9.17) is 0 Å². The Hall–Kier alpha value is -7.28. The maximum absolute atomic E-state index is 2.48. The number of fused-ring (bicyclic) bond motifs is 2. The minimum atomic E-state index is 0.268. The molecular weight excluding hydrogens is 697 g/mol. The van der Waals surface area contributed by atoms with Crippen LogP contribution in [0.3, 0.4) is 0 Å². The highest BCUT2D eigenvalue weighted by molar-refractivity contribution is 6.26. The highest BCUT2D eigenvalue weighted by atomic mass is 14.3. The molecule has 0 spiro atoms. The average Bonchev–Trinajstić information content (AvgIpc) is 3.29. The molecule has 13 rings (SSSR count). The van der Waals surface area contributed by atoms with E-state index in [0.717, 1.165) is 6.42 Å². The van der Waals surface area contributed by atoms with Crippen LogP contribution in [0.2, 0.25) is 0 Å². The Morgan fingerprint density at radius 1 is 0.328 bits per heavy atom. The van der Waals surface area contributed by atoms with Crippen molar-refractivity contribution in [1.82, 2.24) is 0 Å². The molecule has 58 heavy (non-hydrogen) atoms. The molecule has 12 aromatic carbocycles. The summed E-state index contributed by atoms with van der Waals surface area (Å²) in [5, 5.41) is 21.2. The van der Waals surface area contributed by atoms with Gasteiger partial charge in [-0.05, 0) is 132 Å². The first-order valence-electron chi connectivity index (χ1n) is 20.5. The molecule has 0 saturated heterocycles. The standard InChI is InChI=1S/C58H36/c1-2-12-48-47(11-1)55(41-19-15-35(16-20-41)45-31-27-43-25-23-37-7-5-9-39-29-33-51(45)57(43)53(37)39)49-13-3-4-14-50(49)56(48)42-21-17-36(18-22-42)46-32-28-44-26-24-38-8-6-10-40-30-34-52(46)58(44)54(38)40/h1-21,23-34,42H,22H2. The van der Waals surface area contributed by atoms with Crippen LogP contribution in [-0.4, -0.2) is 0 Å². The molecular formula is C58H36. The van der Waals surface area contributed by atoms with Crippen LogP contribution >= 0.6 is 0 Å². The molecule has 0 nitrogen and oxygen atoms in total. The van der Waals surface area contributed by atoms with Gasteiger partial charge in [-0.3, -0.25) is 0 Å². The van der Waals surface area contributed by atoms with Gasteiger partial charge >= 0.3 is 0 Å². The summed E-state index contributed by atoms with van der Waals surface area (Å²) in [6, 6.07) is 68.3. The van der Waals surface area contributed by atoms with Crippen LogP contribution < -0.4 is 0 Å². The molecule has 12 aromatic rings. The summed E-state index contributed by atoms with van der Waals surface area (Å²) in [6.07, 6.45) is 8.28. The van der Waals surface area contributed by atoms with Crippen LogP contribution in [0, 0.1) is 0 Å². The molecule has 1 aliphatic carbocycles. The zero-order valence-electron chi connectivity index (χ0n) is 31.8. The van der Waals surface area contributed by atoms with Crippen molar-refractivity contribution < 1.29 is 0 Å². The quantitative estimate of drug-likeness (QED) is 0.125. The molecule has 1 atom stereocenters. The van der Waals surface area contributed by atoms with Crippen molar-refractivity contribution in [2.45, 2.75) is 12.3 Å². The van der Waals surface area contributed by atoms with Gasteiger partial charge in [-0.1, -0.05) is 200 Å². The lowest BCUT2D eigenvalue weighted by Gasteiger charge is -2.24. The molecule has 0 radical (unpaired) electrons. The normalized spacial score (nSPS) is 14.7. The topological polar surface area (TPSA) is 0 Å². The lowest BCUT2D eigenvalue weighted by Crippen LogP contribution is -2.02. The predicted octanol–water partition coefficient (Wildman–Crippen LogP) is 16.2. The third-order valence-corrected chi connectivity index (χ3v) is 13.3. The van der Waals surface area contributed by atoms with Crippen LogP contribution in [0.4, 0.5) is 0 Å². The summed E-state index contributed by atoms with van der Waals surface area (Å²) in [6.45, 7) is 0. The van der Waals surface area contributed by atoms with E-state index in [1.807, 2.05) is 0 Å². The summed E-state index contributed by atoms with van der Waals surface area (Å²) in [7, 11) is 0. The molecule has 0 heteroatoms. The van der Waals surface area contributed by atoms with Crippen molar-refractivity contribution >= 4 is 91.8 Å². The van der Waals surface area contributed by atoms with Gasteiger partial charge in [-0.2, -0.15) is 0 Å². The Kier molecular flexibility index (Phi) is 6.65. The summed E-state index contributed by atoms with van der Waals surface area (Å²) in [5.74, 6) is 0.268. The molecule has 0 amide bonds. The molecule has 1 aliphatic rings. The van der Waals surface area contributed by atoms with Gasteiger partial charge in [0.25, 0.3) is 0 Å². The van der Waals surface area contributed by atoms with E-state index >= 15 is 0 Å². The molecule has 0 aliphatic heterocycles. The minimum absolute atomic E-state index is 0.268. The number of hydrogen-bond donors (Lipinski definition) is 0. The van der Waals surface area contributed by atoms with E-state index in [1.165, 1.54) is 125 Å². The van der Waals surface area contributed by atoms with Crippen LogP contribution in [0.1, 0.15) is 23.5 Å². The lowest BCUT2D eigenvalue weighted by molar-refractivity contribution is 0.873. The monoisotopic (exact) mass is 732 g/mol. The minimum Gasteiger partial charge on any atom is -0.0760 e. The molecule has 0 fully saturated rings. The van der Waals surface area contributed by atoms with Gasteiger partial charge in [-0.15, -0.1) is 0 Å². The molecule has 268 valence electrons. The van der Waals surface area contributed by atoms with Crippen molar-refractivity contribution in [1.29, 1.82) is 0 Å². The smallest absolute Gasteiger partial charge is 0.00684 e. The summed E-state index contributed by atoms with van der Waals surface area (Å²) in [4.78, 5) is 0. The maximum Gasteiger partial charge on any atom is 0.00684 e. The second kappa shape index (κ2) is 12.1. The molecule has 0 saturated carbocycles. The number of benzene rings is 12. The first-order chi connectivity index (χ1) is 28.8. The van der Waals surface area contributed by atoms with Crippen molar-refractivity contribution in [3.8, 4) is 22.3 Å². The fourth-order valence-electron chi connectivity index (χ4n) is 10.7.